The van der Waals surface area contributed by atoms with E-state index in [1.54, 1.807) is 36.4 Å². The van der Waals surface area contributed by atoms with Crippen LogP contribution in [0.25, 0.3) is 0 Å². The first-order valence-electron chi connectivity index (χ1n) is 9.97. The Morgan fingerprint density at radius 3 is 2.38 bits per heavy atom. The number of methoxy groups -OCH3 is 1. The molecule has 0 aliphatic carbocycles. The second kappa shape index (κ2) is 12.0. The van der Waals surface area contributed by atoms with E-state index in [1.165, 1.54) is 20.1 Å². The summed E-state index contributed by atoms with van der Waals surface area (Å²) >= 11 is 3.87. The summed E-state index contributed by atoms with van der Waals surface area (Å²) in [5.41, 5.74) is 1.55. The maximum atomic E-state index is 12.6. The van der Waals surface area contributed by atoms with Crippen LogP contribution in [0.3, 0.4) is 0 Å². The summed E-state index contributed by atoms with van der Waals surface area (Å²) in [6.45, 7) is 3.44. The minimum absolute atomic E-state index is 0.0223. The monoisotopic (exact) mass is 461 g/mol. The van der Waals surface area contributed by atoms with Gasteiger partial charge in [-0.25, -0.2) is 4.79 Å². The molecule has 0 spiro atoms. The molecule has 2 rings (SSSR count). The molecule has 32 heavy (non-hydrogen) atoms. The number of hydrogen-bond donors (Lipinski definition) is 3. The average Bonchev–Trinajstić information content (AvgIpc) is 2.77. The number of phenolic OH excluding ortho intramolecular Hbond substituents is 1. The topological polar surface area (TPSA) is 111 Å². The fraction of sp³-hybridized carbons (Fsp3) is 0.348. The normalized spacial score (nSPS) is 12.4. The number of amides is 1. The lowest BCUT2D eigenvalue weighted by atomic mass is 9.94. The van der Waals surface area contributed by atoms with Crippen LogP contribution in [-0.4, -0.2) is 42.4 Å². The summed E-state index contributed by atoms with van der Waals surface area (Å²) in [6.07, 6.45) is -1.03. The van der Waals surface area contributed by atoms with Gasteiger partial charge in [0.1, 0.15) is 6.10 Å². The molecule has 172 valence electrons. The van der Waals surface area contributed by atoms with Gasteiger partial charge in [0.05, 0.1) is 19.5 Å². The number of rotatable bonds is 10. The number of aromatic hydroxyl groups is 1. The molecule has 0 bridgehead atoms. The number of Topliss-reactive ketones (excluding diaryl/α,β-unsaturated/α-hetero) is 1. The third-order valence-electron chi connectivity index (χ3n) is 4.79. The van der Waals surface area contributed by atoms with Gasteiger partial charge >= 0.3 is 12.1 Å². The van der Waals surface area contributed by atoms with Crippen molar-refractivity contribution >= 4 is 36.2 Å². The van der Waals surface area contributed by atoms with Crippen LogP contribution in [0.4, 0.5) is 10.5 Å². The van der Waals surface area contributed by atoms with Crippen LogP contribution >= 0.6 is 12.6 Å². The number of carbonyl (C=O) groups excluding carboxylic acids is 3. The second-order valence-corrected chi connectivity index (χ2v) is 7.48. The van der Waals surface area contributed by atoms with Crippen molar-refractivity contribution in [1.82, 2.24) is 0 Å². The van der Waals surface area contributed by atoms with Crippen molar-refractivity contribution in [2.45, 2.75) is 26.4 Å². The highest BCUT2D eigenvalue weighted by molar-refractivity contribution is 7.81. The summed E-state index contributed by atoms with van der Waals surface area (Å²) in [6, 6.07) is 11.2. The lowest BCUT2D eigenvalue weighted by Gasteiger charge is -2.25. The van der Waals surface area contributed by atoms with Crippen LogP contribution in [-0.2, 0) is 14.3 Å². The number of hydrogen-bond acceptors (Lipinski definition) is 8. The van der Waals surface area contributed by atoms with E-state index in [4.69, 9.17) is 14.2 Å². The minimum atomic E-state index is -0.738. The van der Waals surface area contributed by atoms with E-state index in [0.717, 1.165) is 0 Å². The molecule has 2 aromatic rings. The Kier molecular flexibility index (Phi) is 9.39. The molecule has 1 amide bonds. The first-order chi connectivity index (χ1) is 15.2. The van der Waals surface area contributed by atoms with E-state index >= 15 is 0 Å². The van der Waals surface area contributed by atoms with Crippen molar-refractivity contribution in [2.24, 2.45) is 5.92 Å². The first kappa shape index (κ1) is 25.1. The van der Waals surface area contributed by atoms with Gasteiger partial charge < -0.3 is 19.3 Å². The van der Waals surface area contributed by atoms with Gasteiger partial charge in [-0.3, -0.25) is 14.9 Å². The zero-order valence-electron chi connectivity index (χ0n) is 18.2. The molecule has 0 unspecified atom stereocenters. The van der Waals surface area contributed by atoms with Crippen LogP contribution in [0.1, 0.15) is 42.3 Å². The Morgan fingerprint density at radius 2 is 1.81 bits per heavy atom. The molecule has 2 N–H and O–H groups in total. The Morgan fingerprint density at radius 1 is 1.12 bits per heavy atom. The van der Waals surface area contributed by atoms with Crippen molar-refractivity contribution in [3.8, 4) is 11.5 Å². The maximum Gasteiger partial charge on any atom is 0.412 e. The average molecular weight is 462 g/mol. The number of thiol groups is 1. The molecule has 0 saturated heterocycles. The molecule has 9 heteroatoms. The molecule has 0 aliphatic heterocycles. The predicted octanol–water partition coefficient (Wildman–Crippen LogP) is 4.39. The zero-order valence-corrected chi connectivity index (χ0v) is 19.1. The van der Waals surface area contributed by atoms with Crippen LogP contribution in [0, 0.1) is 5.92 Å². The third kappa shape index (κ3) is 7.19. The molecule has 2 atom stereocenters. The number of phenols is 1. The van der Waals surface area contributed by atoms with Gasteiger partial charge in [-0.1, -0.05) is 13.0 Å². The van der Waals surface area contributed by atoms with Crippen LogP contribution < -0.4 is 10.1 Å². The van der Waals surface area contributed by atoms with Gasteiger partial charge in [-0.15, -0.1) is 0 Å². The van der Waals surface area contributed by atoms with E-state index in [0.29, 0.717) is 23.2 Å². The fourth-order valence-corrected chi connectivity index (χ4v) is 3.09. The molecule has 0 heterocycles. The van der Waals surface area contributed by atoms with Gasteiger partial charge in [-0.2, -0.15) is 12.6 Å². The highest BCUT2D eigenvalue weighted by Crippen LogP contribution is 2.35. The van der Waals surface area contributed by atoms with Crippen molar-refractivity contribution in [1.29, 1.82) is 0 Å². The number of carbonyl (C=O) groups is 3. The molecular formula is C23H27NO7S. The summed E-state index contributed by atoms with van der Waals surface area (Å²) in [4.78, 5) is 35.3. The van der Waals surface area contributed by atoms with E-state index < -0.39 is 18.2 Å². The van der Waals surface area contributed by atoms with Gasteiger partial charge in [-0.05, 0) is 55.3 Å². The Balaban J connectivity index is 2.15. The van der Waals surface area contributed by atoms with Crippen LogP contribution in [0.15, 0.2) is 42.5 Å². The lowest BCUT2D eigenvalue weighted by Crippen LogP contribution is -2.23. The van der Waals surface area contributed by atoms with Crippen molar-refractivity contribution in [3.63, 3.8) is 0 Å². The van der Waals surface area contributed by atoms with Gasteiger partial charge in [0.25, 0.3) is 0 Å². The molecule has 0 fully saturated rings. The first-order valence-corrected chi connectivity index (χ1v) is 10.6. The van der Waals surface area contributed by atoms with Crippen LogP contribution in [0.2, 0.25) is 0 Å². The molecule has 0 aromatic heterocycles. The minimum Gasteiger partial charge on any atom is -0.504 e. The van der Waals surface area contributed by atoms with Crippen molar-refractivity contribution in [3.05, 3.63) is 53.6 Å². The van der Waals surface area contributed by atoms with Crippen LogP contribution in [0.5, 0.6) is 11.5 Å². The molecule has 0 saturated carbocycles. The van der Waals surface area contributed by atoms with E-state index in [2.05, 4.69) is 17.9 Å². The van der Waals surface area contributed by atoms with Gasteiger partial charge in [0, 0.05) is 17.2 Å². The number of esters is 1. The summed E-state index contributed by atoms with van der Waals surface area (Å²) in [5, 5.41) is 12.8. The molecule has 8 nitrogen and oxygen atoms in total. The third-order valence-corrected chi connectivity index (χ3v) is 5.04. The number of ketones is 1. The number of anilines is 1. The fourth-order valence-electron chi connectivity index (χ4n) is 3.00. The highest BCUT2D eigenvalue weighted by atomic mass is 32.1. The zero-order chi connectivity index (χ0) is 23.7. The Labute approximate surface area is 192 Å². The quantitative estimate of drug-likeness (QED) is 0.273. The highest BCUT2D eigenvalue weighted by Gasteiger charge is 2.25. The lowest BCUT2D eigenvalue weighted by molar-refractivity contribution is -0.141. The Bertz CT molecular complexity index is 946. The SMILES string of the molecule is COc1ccc([C@H](OC(=O)Nc2ccc(C(C)=O)cc2)[C@@H](C)CCOC(=O)CS)cc1O. The van der Waals surface area contributed by atoms with E-state index in [-0.39, 0.29) is 35.6 Å². The molecular weight excluding hydrogens is 434 g/mol. The number of ether oxygens (including phenoxy) is 3. The van der Waals surface area contributed by atoms with Crippen molar-refractivity contribution in [2.75, 3.05) is 24.8 Å². The molecule has 0 aliphatic rings. The molecule has 2 aromatic carbocycles. The number of benzene rings is 2. The number of nitrogens with one attached hydrogen (secondary N) is 1. The summed E-state index contributed by atoms with van der Waals surface area (Å²) < 4.78 is 15.8. The molecule has 0 radical (unpaired) electrons. The van der Waals surface area contributed by atoms with E-state index in [1.807, 2.05) is 6.92 Å². The summed E-state index contributed by atoms with van der Waals surface area (Å²) in [5.74, 6) is -0.588. The van der Waals surface area contributed by atoms with Gasteiger partial charge in [0.2, 0.25) is 0 Å². The van der Waals surface area contributed by atoms with Gasteiger partial charge in [0.15, 0.2) is 17.3 Å². The summed E-state index contributed by atoms with van der Waals surface area (Å²) in [7, 11) is 1.44. The Hall–Kier alpha value is -3.20. The predicted molar refractivity (Wildman–Crippen MR) is 123 cm³/mol. The smallest absolute Gasteiger partial charge is 0.412 e. The largest absolute Gasteiger partial charge is 0.504 e. The van der Waals surface area contributed by atoms with Crippen molar-refractivity contribution < 1.29 is 33.7 Å². The second-order valence-electron chi connectivity index (χ2n) is 7.16. The standard InChI is InChI=1S/C23H27NO7S/c1-14(10-11-30-21(27)13-32)22(17-6-9-20(29-3)19(26)12-17)31-23(28)24-18-7-4-16(5-8-18)15(2)25/h4-9,12,14,22,26,32H,10-11,13H2,1-3H3,(H,24,28)/t14-,22+/m0/s1. The maximum absolute atomic E-state index is 12.6. The van der Waals surface area contributed by atoms with E-state index in [9.17, 15) is 19.5 Å².